The van der Waals surface area contributed by atoms with Gasteiger partial charge < -0.3 is 10.1 Å². The first-order chi connectivity index (χ1) is 8.12. The van der Waals surface area contributed by atoms with Crippen LogP contribution in [0.25, 0.3) is 0 Å². The van der Waals surface area contributed by atoms with Crippen molar-refractivity contribution in [3.63, 3.8) is 0 Å². The number of methoxy groups -OCH3 is 1. The summed E-state index contributed by atoms with van der Waals surface area (Å²) in [4.78, 5) is 26.6. The van der Waals surface area contributed by atoms with Crippen LogP contribution in [-0.4, -0.2) is 31.2 Å². The minimum atomic E-state index is -0.545. The molecule has 6 heteroatoms. The highest BCUT2D eigenvalue weighted by molar-refractivity contribution is 7.78. The van der Waals surface area contributed by atoms with Crippen LogP contribution < -0.4 is 5.32 Å². The number of aliphatic imine (C=N–C) groups is 1. The highest BCUT2D eigenvalue weighted by atomic mass is 32.1. The van der Waals surface area contributed by atoms with Crippen molar-refractivity contribution >= 4 is 34.9 Å². The summed E-state index contributed by atoms with van der Waals surface area (Å²) in [5.41, 5.74) is 0.915. The van der Waals surface area contributed by atoms with Crippen LogP contribution in [0.2, 0.25) is 0 Å². The highest BCUT2D eigenvalue weighted by Crippen LogP contribution is 2.18. The van der Waals surface area contributed by atoms with Gasteiger partial charge in [-0.1, -0.05) is 0 Å². The molecule has 1 amide bonds. The average Bonchev–Trinajstić information content (AvgIpc) is 2.36. The van der Waals surface area contributed by atoms with E-state index in [0.717, 1.165) is 0 Å². The van der Waals surface area contributed by atoms with Crippen LogP contribution in [-0.2, 0) is 4.74 Å². The number of hydrogen-bond donors (Lipinski definition) is 1. The summed E-state index contributed by atoms with van der Waals surface area (Å²) in [6.45, 7) is 0. The van der Waals surface area contributed by atoms with E-state index in [9.17, 15) is 9.59 Å². The third-order valence-corrected chi connectivity index (χ3v) is 2.09. The molecule has 0 saturated heterocycles. The van der Waals surface area contributed by atoms with E-state index in [1.807, 2.05) is 0 Å². The van der Waals surface area contributed by atoms with Crippen LogP contribution in [0.5, 0.6) is 0 Å². The SMILES string of the molecule is CNC(=O)c1cc(N=C=S)cc(C(=O)OC)c1. The maximum atomic E-state index is 11.5. The van der Waals surface area contributed by atoms with Crippen LogP contribution >= 0.6 is 12.2 Å². The molecular formula is C11H10N2O3S. The lowest BCUT2D eigenvalue weighted by atomic mass is 10.1. The van der Waals surface area contributed by atoms with Crippen LogP contribution in [0.15, 0.2) is 23.2 Å². The van der Waals surface area contributed by atoms with E-state index < -0.39 is 5.97 Å². The smallest absolute Gasteiger partial charge is 0.337 e. The van der Waals surface area contributed by atoms with Crippen molar-refractivity contribution in [1.29, 1.82) is 0 Å². The molecule has 5 nitrogen and oxygen atoms in total. The lowest BCUT2D eigenvalue weighted by Gasteiger charge is -2.04. The molecule has 0 aliphatic rings. The molecule has 0 heterocycles. The fraction of sp³-hybridized carbons (Fsp3) is 0.182. The van der Waals surface area contributed by atoms with E-state index >= 15 is 0 Å². The van der Waals surface area contributed by atoms with Gasteiger partial charge in [0.2, 0.25) is 0 Å². The summed E-state index contributed by atoms with van der Waals surface area (Å²) in [6.07, 6.45) is 0. The number of carbonyl (C=O) groups is 2. The van der Waals surface area contributed by atoms with E-state index in [1.54, 1.807) is 0 Å². The molecule has 88 valence electrons. The number of ether oxygens (including phenoxy) is 1. The number of carbonyl (C=O) groups excluding carboxylic acids is 2. The Morgan fingerprint density at radius 1 is 1.35 bits per heavy atom. The van der Waals surface area contributed by atoms with E-state index in [1.165, 1.54) is 32.4 Å². The third-order valence-electron chi connectivity index (χ3n) is 2.00. The maximum Gasteiger partial charge on any atom is 0.337 e. The zero-order valence-electron chi connectivity index (χ0n) is 9.31. The standard InChI is InChI=1S/C11H10N2O3S/c1-12-10(14)7-3-8(11(15)16-2)5-9(4-7)13-6-17/h3-5H,1-2H3,(H,12,14). The Kier molecular flexibility index (Phi) is 4.51. The molecule has 1 rings (SSSR count). The Morgan fingerprint density at radius 3 is 2.53 bits per heavy atom. The van der Waals surface area contributed by atoms with E-state index in [0.29, 0.717) is 11.3 Å². The molecule has 1 aromatic carbocycles. The van der Waals surface area contributed by atoms with Crippen LogP contribution in [0.4, 0.5) is 5.69 Å². The summed E-state index contributed by atoms with van der Waals surface area (Å²) >= 11 is 4.48. The van der Waals surface area contributed by atoms with Crippen molar-refractivity contribution in [1.82, 2.24) is 5.32 Å². The van der Waals surface area contributed by atoms with Crippen LogP contribution in [0, 0.1) is 0 Å². The first-order valence-electron chi connectivity index (χ1n) is 4.65. The van der Waals surface area contributed by atoms with Gasteiger partial charge in [0.05, 0.1) is 23.5 Å². The molecule has 0 aliphatic carbocycles. The minimum absolute atomic E-state index is 0.234. The fourth-order valence-corrected chi connectivity index (χ4v) is 1.34. The lowest BCUT2D eigenvalue weighted by molar-refractivity contribution is 0.0601. The van der Waals surface area contributed by atoms with E-state index in [4.69, 9.17) is 0 Å². The Morgan fingerprint density at radius 2 is 2.00 bits per heavy atom. The van der Waals surface area contributed by atoms with Crippen LogP contribution in [0.3, 0.4) is 0 Å². The summed E-state index contributed by atoms with van der Waals surface area (Å²) in [7, 11) is 2.76. The van der Waals surface area contributed by atoms with Gasteiger partial charge >= 0.3 is 5.97 Å². The molecule has 0 radical (unpaired) electrons. The highest BCUT2D eigenvalue weighted by Gasteiger charge is 2.12. The van der Waals surface area contributed by atoms with E-state index in [-0.39, 0.29) is 11.5 Å². The van der Waals surface area contributed by atoms with Gasteiger partial charge in [-0.15, -0.1) is 0 Å². The summed E-state index contributed by atoms with van der Waals surface area (Å²) in [6, 6.07) is 4.40. The van der Waals surface area contributed by atoms with Gasteiger partial charge in [0.25, 0.3) is 5.91 Å². The zero-order chi connectivity index (χ0) is 12.8. The topological polar surface area (TPSA) is 67.8 Å². The zero-order valence-corrected chi connectivity index (χ0v) is 10.1. The van der Waals surface area contributed by atoms with Crippen molar-refractivity contribution in [3.05, 3.63) is 29.3 Å². The molecule has 0 aliphatic heterocycles. The summed E-state index contributed by atoms with van der Waals surface area (Å²) < 4.78 is 4.58. The Balaban J connectivity index is 3.32. The molecule has 1 aromatic rings. The van der Waals surface area contributed by atoms with Gasteiger partial charge in [0.1, 0.15) is 0 Å². The Bertz CT molecular complexity index is 473. The van der Waals surface area contributed by atoms with Crippen molar-refractivity contribution in [2.75, 3.05) is 14.2 Å². The third kappa shape index (κ3) is 3.21. The predicted octanol–water partition coefficient (Wildman–Crippen LogP) is 1.57. The first-order valence-corrected chi connectivity index (χ1v) is 5.06. The van der Waals surface area contributed by atoms with Crippen molar-refractivity contribution in [3.8, 4) is 0 Å². The second kappa shape index (κ2) is 5.89. The van der Waals surface area contributed by atoms with Gasteiger partial charge in [-0.3, -0.25) is 4.79 Å². The molecular weight excluding hydrogens is 240 g/mol. The van der Waals surface area contributed by atoms with Crippen LogP contribution in [0.1, 0.15) is 20.7 Å². The van der Waals surface area contributed by atoms with Crippen molar-refractivity contribution < 1.29 is 14.3 Å². The second-order valence-corrected chi connectivity index (χ2v) is 3.22. The predicted molar refractivity (Wildman–Crippen MR) is 65.9 cm³/mol. The van der Waals surface area contributed by atoms with Gasteiger partial charge in [-0.25, -0.2) is 4.79 Å². The molecule has 0 spiro atoms. The molecule has 0 fully saturated rings. The Hall–Kier alpha value is -2.04. The first kappa shape index (κ1) is 13.0. The average molecular weight is 250 g/mol. The van der Waals surface area contributed by atoms with Gasteiger partial charge in [0, 0.05) is 12.6 Å². The normalized spacial score (nSPS) is 9.06. The fourth-order valence-electron chi connectivity index (χ4n) is 1.24. The molecule has 17 heavy (non-hydrogen) atoms. The minimum Gasteiger partial charge on any atom is -0.465 e. The number of rotatable bonds is 3. The van der Waals surface area contributed by atoms with Crippen molar-refractivity contribution in [2.45, 2.75) is 0 Å². The van der Waals surface area contributed by atoms with Crippen molar-refractivity contribution in [2.24, 2.45) is 4.99 Å². The summed E-state index contributed by atoms with van der Waals surface area (Å²) in [5.74, 6) is -0.867. The Labute approximate surface area is 103 Å². The maximum absolute atomic E-state index is 11.5. The van der Waals surface area contributed by atoms with Gasteiger partial charge in [0.15, 0.2) is 0 Å². The number of thiocarbonyl (C=S) groups is 1. The molecule has 1 N–H and O–H groups in total. The monoisotopic (exact) mass is 250 g/mol. The molecule has 0 unspecified atom stereocenters. The number of isothiocyanates is 1. The molecule has 0 aromatic heterocycles. The number of hydrogen-bond acceptors (Lipinski definition) is 5. The van der Waals surface area contributed by atoms with Gasteiger partial charge in [-0.2, -0.15) is 4.99 Å². The molecule has 0 atom stereocenters. The summed E-state index contributed by atoms with van der Waals surface area (Å²) in [5, 5.41) is 4.63. The molecule has 0 bridgehead atoms. The number of esters is 1. The number of nitrogens with zero attached hydrogens (tertiary/aromatic N) is 1. The lowest BCUT2D eigenvalue weighted by Crippen LogP contribution is -2.18. The van der Waals surface area contributed by atoms with Gasteiger partial charge in [-0.05, 0) is 30.4 Å². The molecule has 0 saturated carbocycles. The number of nitrogens with one attached hydrogen (secondary N) is 1. The number of amides is 1. The quantitative estimate of drug-likeness (QED) is 0.502. The number of benzene rings is 1. The largest absolute Gasteiger partial charge is 0.465 e. The second-order valence-electron chi connectivity index (χ2n) is 3.04. The van der Waals surface area contributed by atoms with E-state index in [2.05, 4.69) is 32.4 Å².